The Bertz CT molecular complexity index is 144. The first kappa shape index (κ1) is 8.67. The van der Waals surface area contributed by atoms with Gasteiger partial charge in [-0.15, -0.1) is 0 Å². The number of hydrogen-bond acceptors (Lipinski definition) is 5. The Morgan fingerprint density at radius 1 is 1.80 bits per heavy atom. The van der Waals surface area contributed by atoms with Crippen LogP contribution in [0.5, 0.6) is 0 Å². The van der Waals surface area contributed by atoms with Crippen LogP contribution >= 0.6 is 0 Å². The van der Waals surface area contributed by atoms with E-state index in [1.165, 1.54) is 6.92 Å². The van der Waals surface area contributed by atoms with Crippen LogP contribution in [0.2, 0.25) is 0 Å². The highest BCUT2D eigenvalue weighted by Gasteiger charge is 1.93. The van der Waals surface area contributed by atoms with E-state index in [4.69, 9.17) is 0 Å². The van der Waals surface area contributed by atoms with Gasteiger partial charge in [0.2, 0.25) is 6.73 Å². The molecule has 0 heterocycles. The fraction of sp³-hybridized carbons (Fsp3) is 0.750. The topological polar surface area (TPSA) is 74.0 Å². The molecule has 0 spiro atoms. The molecule has 6 nitrogen and oxygen atoms in total. The molecule has 0 unspecified atom stereocenters. The molecular weight excluding hydrogens is 140 g/mol. The Morgan fingerprint density at radius 3 is 2.80 bits per heavy atom. The quantitative estimate of drug-likeness (QED) is 0.321. The highest BCUT2D eigenvalue weighted by molar-refractivity contribution is 5.65. The zero-order valence-electron chi connectivity index (χ0n) is 5.73. The monoisotopic (exact) mass is 148 g/mol. The minimum Gasteiger partial charge on any atom is -0.436 e. The molecule has 0 atom stereocenters. The second kappa shape index (κ2) is 4.54. The lowest BCUT2D eigenvalue weighted by molar-refractivity contribution is -0.784. The molecule has 0 aliphatic rings. The number of carbonyl (C=O) groups is 1. The van der Waals surface area contributed by atoms with E-state index in [0.29, 0.717) is 0 Å². The molecular formula is C4H8N2O4. The van der Waals surface area contributed by atoms with Crippen LogP contribution in [0.4, 0.5) is 0 Å². The van der Waals surface area contributed by atoms with Crippen molar-refractivity contribution in [2.45, 2.75) is 6.92 Å². The summed E-state index contributed by atoms with van der Waals surface area (Å²) < 4.78 is 4.29. The van der Waals surface area contributed by atoms with E-state index in [-0.39, 0.29) is 11.8 Å². The molecule has 0 saturated carbocycles. The maximum absolute atomic E-state index is 10.1. The summed E-state index contributed by atoms with van der Waals surface area (Å²) >= 11 is 0. The minimum atomic E-state index is -0.492. The van der Waals surface area contributed by atoms with Crippen LogP contribution in [0.15, 0.2) is 5.11 Å². The predicted octanol–water partition coefficient (Wildman–Crippen LogP) is 0.0309. The lowest BCUT2D eigenvalue weighted by Crippen LogP contribution is -2.03. The largest absolute Gasteiger partial charge is 0.436 e. The van der Waals surface area contributed by atoms with Crippen LogP contribution in [-0.2, 0) is 14.4 Å². The standard InChI is InChI=1S/C4H8N2O4/c1-4(7)10-3-5-6(8)9-2/h3H2,1-2H3/b6-5-. The highest BCUT2D eigenvalue weighted by atomic mass is 16.9. The van der Waals surface area contributed by atoms with Crippen LogP contribution in [0.3, 0.4) is 0 Å². The molecule has 6 heteroatoms. The number of carbonyl (C=O) groups excluding carboxylic acids is 1. The van der Waals surface area contributed by atoms with E-state index >= 15 is 0 Å². The first-order valence-corrected chi connectivity index (χ1v) is 2.49. The van der Waals surface area contributed by atoms with E-state index < -0.39 is 5.97 Å². The van der Waals surface area contributed by atoms with Crippen molar-refractivity contribution in [2.75, 3.05) is 13.8 Å². The number of ether oxygens (including phenoxy) is 1. The molecule has 0 rings (SSSR count). The Labute approximate surface area is 57.6 Å². The summed E-state index contributed by atoms with van der Waals surface area (Å²) in [5, 5.41) is 13.2. The van der Waals surface area contributed by atoms with E-state index in [9.17, 15) is 10.0 Å². The van der Waals surface area contributed by atoms with Crippen LogP contribution in [0.1, 0.15) is 6.92 Å². The molecule has 0 N–H and O–H groups in total. The maximum Gasteiger partial charge on any atom is 0.304 e. The molecule has 0 aliphatic carbocycles. The Kier molecular flexibility index (Phi) is 3.94. The van der Waals surface area contributed by atoms with Crippen molar-refractivity contribution in [3.8, 4) is 0 Å². The molecule has 0 saturated heterocycles. The third kappa shape index (κ3) is 4.82. The van der Waals surface area contributed by atoms with Gasteiger partial charge in [-0.25, -0.2) is 5.21 Å². The Morgan fingerprint density at radius 2 is 2.40 bits per heavy atom. The van der Waals surface area contributed by atoms with Crippen molar-refractivity contribution in [1.82, 2.24) is 0 Å². The molecule has 58 valence electrons. The van der Waals surface area contributed by atoms with Gasteiger partial charge in [0.15, 0.2) is 5.02 Å². The molecule has 0 aliphatic heterocycles. The van der Waals surface area contributed by atoms with Crippen molar-refractivity contribution in [3.63, 3.8) is 0 Å². The van der Waals surface area contributed by atoms with Gasteiger partial charge in [0.25, 0.3) is 0 Å². The van der Waals surface area contributed by atoms with Gasteiger partial charge in [-0.05, 0) is 0 Å². The lowest BCUT2D eigenvalue weighted by Gasteiger charge is -1.93. The molecule has 0 fully saturated rings. The number of rotatable bonds is 3. The minimum absolute atomic E-state index is 0.0387. The van der Waals surface area contributed by atoms with Crippen LogP contribution in [-0.4, -0.2) is 24.8 Å². The second-order valence-electron chi connectivity index (χ2n) is 1.33. The van der Waals surface area contributed by atoms with Crippen molar-refractivity contribution < 1.29 is 19.4 Å². The van der Waals surface area contributed by atoms with Gasteiger partial charge >= 0.3 is 5.97 Å². The summed E-state index contributed by atoms with van der Waals surface area (Å²) in [4.78, 5) is 14.1. The maximum atomic E-state index is 10.1. The number of esters is 1. The van der Waals surface area contributed by atoms with E-state index in [1.54, 1.807) is 0 Å². The van der Waals surface area contributed by atoms with E-state index in [2.05, 4.69) is 14.7 Å². The summed E-state index contributed by atoms with van der Waals surface area (Å²) in [6, 6.07) is 0. The fourth-order valence-electron chi connectivity index (χ4n) is 0.225. The summed E-state index contributed by atoms with van der Waals surface area (Å²) in [6.45, 7) is 0.907. The Balaban J connectivity index is 3.43. The molecule has 0 aromatic carbocycles. The zero-order valence-corrected chi connectivity index (χ0v) is 5.73. The van der Waals surface area contributed by atoms with Gasteiger partial charge in [0.1, 0.15) is 0 Å². The number of hydrogen-bond donors (Lipinski definition) is 0. The third-order valence-corrected chi connectivity index (χ3v) is 0.597. The summed E-state index contributed by atoms with van der Waals surface area (Å²) in [6.07, 6.45) is 0. The molecule has 0 bridgehead atoms. The molecule has 0 radical (unpaired) electrons. The smallest absolute Gasteiger partial charge is 0.304 e. The van der Waals surface area contributed by atoms with Crippen molar-refractivity contribution in [3.05, 3.63) is 5.21 Å². The van der Waals surface area contributed by atoms with Crippen LogP contribution < -0.4 is 0 Å². The summed E-state index contributed by atoms with van der Waals surface area (Å²) in [5.41, 5.74) is 0. The average molecular weight is 148 g/mol. The molecule has 0 aromatic rings. The average Bonchev–Trinajstić information content (AvgIpc) is 1.87. The molecule has 10 heavy (non-hydrogen) atoms. The fourth-order valence-corrected chi connectivity index (χ4v) is 0.225. The van der Waals surface area contributed by atoms with Gasteiger partial charge in [-0.1, -0.05) is 0 Å². The summed E-state index contributed by atoms with van der Waals surface area (Å²) in [5.74, 6) is -0.492. The summed E-state index contributed by atoms with van der Waals surface area (Å²) in [7, 11) is 1.16. The van der Waals surface area contributed by atoms with Crippen molar-refractivity contribution in [2.24, 2.45) is 5.11 Å². The van der Waals surface area contributed by atoms with E-state index in [0.717, 1.165) is 7.11 Å². The van der Waals surface area contributed by atoms with Gasteiger partial charge in [-0.2, -0.15) is 0 Å². The highest BCUT2D eigenvalue weighted by Crippen LogP contribution is 1.79. The first-order chi connectivity index (χ1) is 4.66. The molecule has 0 aromatic heterocycles. The predicted molar refractivity (Wildman–Crippen MR) is 29.7 cm³/mol. The SMILES string of the molecule is CO/[N+]([O-])=N\COC(C)=O. The van der Waals surface area contributed by atoms with Crippen molar-refractivity contribution >= 4 is 5.97 Å². The van der Waals surface area contributed by atoms with Crippen molar-refractivity contribution in [1.29, 1.82) is 0 Å². The second-order valence-corrected chi connectivity index (χ2v) is 1.33. The zero-order chi connectivity index (χ0) is 7.98. The van der Waals surface area contributed by atoms with E-state index in [1.807, 2.05) is 0 Å². The lowest BCUT2D eigenvalue weighted by atomic mass is 10.8. The van der Waals surface area contributed by atoms with Gasteiger partial charge in [0, 0.05) is 14.0 Å². The third-order valence-electron chi connectivity index (χ3n) is 0.597. The van der Waals surface area contributed by atoms with Crippen LogP contribution in [0.25, 0.3) is 0 Å². The normalized spacial score (nSPS) is 10.8. The van der Waals surface area contributed by atoms with Gasteiger partial charge in [0.05, 0.1) is 5.11 Å². The molecule has 0 amide bonds. The van der Waals surface area contributed by atoms with Crippen LogP contribution in [0, 0.1) is 5.21 Å². The number of nitrogens with zero attached hydrogens (tertiary/aromatic N) is 2. The van der Waals surface area contributed by atoms with Gasteiger partial charge in [-0.3, -0.25) is 4.79 Å². The van der Waals surface area contributed by atoms with Gasteiger partial charge < -0.3 is 9.57 Å². The Hall–Kier alpha value is -1.33. The first-order valence-electron chi connectivity index (χ1n) is 2.49.